The Hall–Kier alpha value is -4.06. The van der Waals surface area contributed by atoms with Crippen LogP contribution in [-0.2, 0) is 18.4 Å². The number of rotatable bonds is 9. The Morgan fingerprint density at radius 2 is 1.32 bits per heavy atom. The fourth-order valence-corrected chi connectivity index (χ4v) is 4.07. The predicted octanol–water partition coefficient (Wildman–Crippen LogP) is 7.05. The molecule has 0 saturated carbocycles. The SMILES string of the molecule is NC(Cc1ccc(F)c(F)c1)(c1cc(F)cc(OC(F)(F)C(F)F)c1)c1ccc(Cc2ccc(F)c(F)c2)cn1. The Bertz CT molecular complexity index is 1510. The van der Waals surface area contributed by atoms with E-state index in [1.54, 1.807) is 0 Å². The first kappa shape index (κ1) is 28.9. The Labute approximate surface area is 222 Å². The number of benzene rings is 3. The standard InChI is InChI=1S/C28H19F9N2O/c29-19-10-18(11-20(12-19)40-28(36,37)26(34)35)27(38,13-16-2-5-22(31)24(33)9-16)25-6-3-17(14-39-25)7-15-1-4-21(30)23(32)8-15/h1-6,8-12,14,26H,7,13,38H2. The van der Waals surface area contributed by atoms with Crippen molar-refractivity contribution in [2.24, 2.45) is 5.73 Å². The molecule has 12 heteroatoms. The summed E-state index contributed by atoms with van der Waals surface area (Å²) in [6, 6.07) is 11.2. The van der Waals surface area contributed by atoms with Gasteiger partial charge in [0, 0.05) is 18.7 Å². The van der Waals surface area contributed by atoms with Crippen LogP contribution in [0.3, 0.4) is 0 Å². The lowest BCUT2D eigenvalue weighted by Gasteiger charge is -2.31. The van der Waals surface area contributed by atoms with E-state index >= 15 is 0 Å². The molecule has 1 heterocycles. The third kappa shape index (κ3) is 6.39. The molecule has 4 rings (SSSR count). The predicted molar refractivity (Wildman–Crippen MR) is 126 cm³/mol. The zero-order valence-corrected chi connectivity index (χ0v) is 20.3. The molecule has 3 aromatic carbocycles. The summed E-state index contributed by atoms with van der Waals surface area (Å²) in [5.41, 5.74) is 5.53. The van der Waals surface area contributed by atoms with Crippen LogP contribution in [-0.4, -0.2) is 17.5 Å². The topological polar surface area (TPSA) is 48.1 Å². The molecule has 210 valence electrons. The molecule has 0 aliphatic heterocycles. The van der Waals surface area contributed by atoms with Crippen LogP contribution in [0.15, 0.2) is 72.9 Å². The van der Waals surface area contributed by atoms with Crippen molar-refractivity contribution in [3.63, 3.8) is 0 Å². The molecule has 0 radical (unpaired) electrons. The normalized spacial score (nSPS) is 13.4. The largest absolute Gasteiger partial charge is 0.461 e. The lowest BCUT2D eigenvalue weighted by atomic mass is 9.81. The summed E-state index contributed by atoms with van der Waals surface area (Å²) < 4.78 is 125. The Morgan fingerprint density at radius 1 is 0.725 bits per heavy atom. The fraction of sp³-hybridized carbons (Fsp3) is 0.179. The molecule has 0 fully saturated rings. The van der Waals surface area contributed by atoms with Crippen LogP contribution in [0.4, 0.5) is 39.5 Å². The molecular weight excluding hydrogens is 551 g/mol. The summed E-state index contributed by atoms with van der Waals surface area (Å²) in [6.07, 6.45) is -8.07. The van der Waals surface area contributed by atoms with E-state index in [0.29, 0.717) is 17.2 Å². The minimum atomic E-state index is -4.94. The van der Waals surface area contributed by atoms with Crippen molar-refractivity contribution in [2.75, 3.05) is 0 Å². The average molecular weight is 570 g/mol. The Kier molecular flexibility index (Phi) is 8.10. The van der Waals surface area contributed by atoms with E-state index in [9.17, 15) is 39.5 Å². The van der Waals surface area contributed by atoms with E-state index in [1.165, 1.54) is 30.5 Å². The second kappa shape index (κ2) is 11.2. The molecular formula is C28H19F9N2O. The van der Waals surface area contributed by atoms with Crippen molar-refractivity contribution in [1.82, 2.24) is 4.98 Å². The van der Waals surface area contributed by atoms with E-state index < -0.39 is 52.9 Å². The number of nitrogens with zero attached hydrogens (tertiary/aromatic N) is 1. The zero-order chi connectivity index (χ0) is 29.2. The van der Waals surface area contributed by atoms with Gasteiger partial charge in [-0.15, -0.1) is 0 Å². The van der Waals surface area contributed by atoms with Crippen molar-refractivity contribution < 1.29 is 44.3 Å². The summed E-state index contributed by atoms with van der Waals surface area (Å²) in [5, 5.41) is 0. The van der Waals surface area contributed by atoms with Crippen molar-refractivity contribution >= 4 is 0 Å². The molecule has 40 heavy (non-hydrogen) atoms. The number of nitrogens with two attached hydrogens (primary N) is 1. The number of aromatic nitrogens is 1. The number of pyridine rings is 1. The van der Waals surface area contributed by atoms with Crippen molar-refractivity contribution in [1.29, 1.82) is 0 Å². The first-order valence-electron chi connectivity index (χ1n) is 11.5. The lowest BCUT2D eigenvalue weighted by Crippen LogP contribution is -2.41. The van der Waals surface area contributed by atoms with Gasteiger partial charge in [-0.3, -0.25) is 4.98 Å². The Morgan fingerprint density at radius 3 is 1.90 bits per heavy atom. The van der Waals surface area contributed by atoms with E-state index in [0.717, 1.165) is 36.4 Å². The molecule has 0 aliphatic carbocycles. The summed E-state index contributed by atoms with van der Waals surface area (Å²) in [5.74, 6) is -6.55. The zero-order valence-electron chi connectivity index (χ0n) is 20.3. The molecule has 0 amide bonds. The number of hydrogen-bond donors (Lipinski definition) is 1. The van der Waals surface area contributed by atoms with Gasteiger partial charge in [0.1, 0.15) is 11.6 Å². The van der Waals surface area contributed by atoms with Gasteiger partial charge in [-0.25, -0.2) is 22.0 Å². The van der Waals surface area contributed by atoms with Crippen LogP contribution >= 0.6 is 0 Å². The first-order valence-corrected chi connectivity index (χ1v) is 11.5. The molecule has 1 aromatic heterocycles. The maximum absolute atomic E-state index is 14.5. The van der Waals surface area contributed by atoms with Crippen LogP contribution in [0.2, 0.25) is 0 Å². The maximum atomic E-state index is 14.5. The molecule has 3 nitrogen and oxygen atoms in total. The smallest absolute Gasteiger partial charge is 0.428 e. The van der Waals surface area contributed by atoms with E-state index in [2.05, 4.69) is 9.72 Å². The summed E-state index contributed by atoms with van der Waals surface area (Å²) in [6.45, 7) is 0. The van der Waals surface area contributed by atoms with E-state index in [-0.39, 0.29) is 29.7 Å². The molecule has 0 aliphatic rings. The first-order chi connectivity index (χ1) is 18.8. The summed E-state index contributed by atoms with van der Waals surface area (Å²) in [4.78, 5) is 4.27. The van der Waals surface area contributed by atoms with Gasteiger partial charge in [0.2, 0.25) is 0 Å². The highest BCUT2D eigenvalue weighted by atomic mass is 19.3. The lowest BCUT2D eigenvalue weighted by molar-refractivity contribution is -0.253. The molecule has 0 bridgehead atoms. The molecule has 1 atom stereocenters. The Balaban J connectivity index is 1.75. The number of hydrogen-bond acceptors (Lipinski definition) is 3. The van der Waals surface area contributed by atoms with Crippen molar-refractivity contribution in [3.05, 3.63) is 130 Å². The van der Waals surface area contributed by atoms with E-state index in [1.807, 2.05) is 0 Å². The number of ether oxygens (including phenoxy) is 1. The molecule has 2 N–H and O–H groups in total. The van der Waals surface area contributed by atoms with Gasteiger partial charge >= 0.3 is 12.5 Å². The third-order valence-corrected chi connectivity index (χ3v) is 6.04. The quantitative estimate of drug-likeness (QED) is 0.220. The van der Waals surface area contributed by atoms with Gasteiger partial charge in [-0.1, -0.05) is 18.2 Å². The van der Waals surface area contributed by atoms with Gasteiger partial charge in [0.05, 0.1) is 11.2 Å². The van der Waals surface area contributed by atoms with Crippen LogP contribution in [0.25, 0.3) is 0 Å². The molecule has 0 saturated heterocycles. The second-order valence-corrected chi connectivity index (χ2v) is 9.01. The monoisotopic (exact) mass is 570 g/mol. The van der Waals surface area contributed by atoms with Gasteiger partial charge in [0.15, 0.2) is 23.3 Å². The number of halogens is 9. The average Bonchev–Trinajstić information content (AvgIpc) is 2.88. The highest BCUT2D eigenvalue weighted by Crippen LogP contribution is 2.35. The van der Waals surface area contributed by atoms with Gasteiger partial charge in [-0.2, -0.15) is 17.6 Å². The highest BCUT2D eigenvalue weighted by Gasteiger charge is 2.44. The number of alkyl halides is 4. The summed E-state index contributed by atoms with van der Waals surface area (Å²) in [7, 11) is 0. The molecule has 0 spiro atoms. The van der Waals surface area contributed by atoms with Crippen LogP contribution < -0.4 is 10.5 Å². The maximum Gasteiger partial charge on any atom is 0.461 e. The molecule has 1 unspecified atom stereocenters. The van der Waals surface area contributed by atoms with Crippen molar-refractivity contribution in [3.8, 4) is 5.75 Å². The van der Waals surface area contributed by atoms with Gasteiger partial charge < -0.3 is 10.5 Å². The molecule has 4 aromatic rings. The summed E-state index contributed by atoms with van der Waals surface area (Å²) >= 11 is 0. The van der Waals surface area contributed by atoms with E-state index in [4.69, 9.17) is 5.73 Å². The van der Waals surface area contributed by atoms with Gasteiger partial charge in [-0.05, 0) is 71.1 Å². The minimum absolute atomic E-state index is 0.00318. The van der Waals surface area contributed by atoms with Crippen LogP contribution in [0.1, 0.15) is 27.9 Å². The second-order valence-electron chi connectivity index (χ2n) is 9.01. The fourth-order valence-electron chi connectivity index (χ4n) is 4.07. The minimum Gasteiger partial charge on any atom is -0.428 e. The van der Waals surface area contributed by atoms with Gasteiger partial charge in [0.25, 0.3) is 0 Å². The van der Waals surface area contributed by atoms with Crippen molar-refractivity contribution in [2.45, 2.75) is 30.9 Å². The third-order valence-electron chi connectivity index (χ3n) is 6.04. The van der Waals surface area contributed by atoms with Crippen LogP contribution in [0.5, 0.6) is 5.75 Å². The van der Waals surface area contributed by atoms with Crippen LogP contribution in [0, 0.1) is 29.1 Å². The highest BCUT2D eigenvalue weighted by molar-refractivity contribution is 5.42.